The summed E-state index contributed by atoms with van der Waals surface area (Å²) in [6.45, 7) is 5.41. The van der Waals surface area contributed by atoms with E-state index < -0.39 is 53.0 Å². The van der Waals surface area contributed by atoms with E-state index in [1.807, 2.05) is 0 Å². The van der Waals surface area contributed by atoms with E-state index in [1.54, 1.807) is 6.92 Å². The van der Waals surface area contributed by atoms with Gasteiger partial charge >= 0.3 is 5.97 Å². The number of carbonyl (C=O) groups is 2. The first-order valence-electron chi connectivity index (χ1n) is 13.4. The predicted molar refractivity (Wildman–Crippen MR) is 142 cm³/mol. The average Bonchev–Trinajstić information content (AvgIpc) is 3.61. The molecule has 4 atom stereocenters. The van der Waals surface area contributed by atoms with E-state index >= 15 is 0 Å². The Bertz CT molecular complexity index is 1270. The highest BCUT2D eigenvalue weighted by atomic mass is 19.2. The largest absolute Gasteiger partial charge is 0.463 e. The highest BCUT2D eigenvalue weighted by Crippen LogP contribution is 2.38. The van der Waals surface area contributed by atoms with Crippen LogP contribution in [0, 0.1) is 34.9 Å². The zero-order valence-electron chi connectivity index (χ0n) is 22.9. The minimum Gasteiger partial charge on any atom is -0.463 e. The number of hydrogen-bond donors (Lipinski definition) is 2. The van der Waals surface area contributed by atoms with Gasteiger partial charge in [0.2, 0.25) is 5.91 Å². The molecule has 12 heteroatoms. The zero-order chi connectivity index (χ0) is 31.0. The fraction of sp³-hybridized carbons (Fsp3) is 0.400. The topological polar surface area (TPSA) is 78.9 Å². The minimum atomic E-state index is -1.55. The van der Waals surface area contributed by atoms with Crippen molar-refractivity contribution in [3.63, 3.8) is 0 Å². The van der Waals surface area contributed by atoms with Crippen LogP contribution in [0.1, 0.15) is 62.2 Å². The molecule has 0 aromatic heterocycles. The summed E-state index contributed by atoms with van der Waals surface area (Å²) >= 11 is 0. The molecule has 2 fully saturated rings. The first-order valence-corrected chi connectivity index (χ1v) is 13.4. The number of hydrogen-bond acceptors (Lipinski definition) is 5. The molecular weight excluding hydrogens is 566 g/mol. The second-order valence-electron chi connectivity index (χ2n) is 9.84. The van der Waals surface area contributed by atoms with Gasteiger partial charge in [0.05, 0.1) is 25.3 Å². The molecule has 2 N–H and O–H groups in total. The Kier molecular flexibility index (Phi) is 11.7. The van der Waals surface area contributed by atoms with Crippen LogP contribution in [0.5, 0.6) is 0 Å². The van der Waals surface area contributed by atoms with Gasteiger partial charge in [0, 0.05) is 24.6 Å². The van der Waals surface area contributed by atoms with Gasteiger partial charge in [-0.15, -0.1) is 6.58 Å². The van der Waals surface area contributed by atoms with E-state index in [0.29, 0.717) is 24.8 Å². The molecule has 0 spiro atoms. The number of likely N-dealkylation sites (tertiary alicyclic amines) is 1. The van der Waals surface area contributed by atoms with E-state index in [0.717, 1.165) is 30.7 Å². The normalized spacial score (nSPS) is 21.8. The number of nitrogens with one attached hydrogen (secondary N) is 1. The molecule has 6 nitrogen and oxygen atoms in total. The lowest BCUT2D eigenvalue weighted by atomic mass is 10.0. The lowest BCUT2D eigenvalue weighted by molar-refractivity contribution is -0.137. The number of benzene rings is 2. The van der Waals surface area contributed by atoms with Crippen LogP contribution >= 0.6 is 0 Å². The van der Waals surface area contributed by atoms with Gasteiger partial charge in [-0.25, -0.2) is 31.1 Å². The Balaban J connectivity index is 0.000000258. The quantitative estimate of drug-likeness (QED) is 0.134. The maximum absolute atomic E-state index is 13.6. The number of nitrogens with zero attached hydrogens (tertiary/aromatic N) is 1. The number of ether oxygens (including phenoxy) is 1. The molecule has 2 aliphatic heterocycles. The molecule has 2 heterocycles. The number of halogens is 6. The smallest absolute Gasteiger partial charge is 0.330 e. The first-order chi connectivity index (χ1) is 20.0. The molecule has 2 aromatic rings. The van der Waals surface area contributed by atoms with E-state index in [2.05, 4.69) is 11.9 Å². The number of aliphatic hydroxyl groups excluding tert-OH is 1. The van der Waals surface area contributed by atoms with Crippen molar-refractivity contribution in [2.75, 3.05) is 13.2 Å². The molecule has 0 aliphatic carbocycles. The van der Waals surface area contributed by atoms with E-state index in [1.165, 1.54) is 23.1 Å². The fourth-order valence-electron chi connectivity index (χ4n) is 5.09. The predicted octanol–water partition coefficient (Wildman–Crippen LogP) is 5.72. The molecule has 2 saturated heterocycles. The zero-order valence-corrected chi connectivity index (χ0v) is 22.9. The summed E-state index contributed by atoms with van der Waals surface area (Å²) < 4.78 is 83.9. The maximum atomic E-state index is 13.6. The third-order valence-electron chi connectivity index (χ3n) is 7.04. The second kappa shape index (κ2) is 15.0. The molecule has 228 valence electrons. The number of aliphatic hydroxyl groups is 1. The summed E-state index contributed by atoms with van der Waals surface area (Å²) in [6, 6.07) is 2.45. The van der Waals surface area contributed by atoms with Gasteiger partial charge in [-0.05, 0) is 68.0 Å². The Morgan fingerprint density at radius 1 is 0.952 bits per heavy atom. The Labute approximate surface area is 239 Å². The Morgan fingerprint density at radius 2 is 1.52 bits per heavy atom. The lowest BCUT2D eigenvalue weighted by Crippen LogP contribution is -2.36. The summed E-state index contributed by atoms with van der Waals surface area (Å²) in [5, 5.41) is 11.9. The highest BCUT2D eigenvalue weighted by Gasteiger charge is 2.37. The molecule has 0 unspecified atom stereocenters. The molecule has 42 heavy (non-hydrogen) atoms. The van der Waals surface area contributed by atoms with Crippen molar-refractivity contribution in [3.05, 3.63) is 95.1 Å². The van der Waals surface area contributed by atoms with Crippen molar-refractivity contribution in [2.24, 2.45) is 0 Å². The van der Waals surface area contributed by atoms with Crippen molar-refractivity contribution in [1.82, 2.24) is 10.2 Å². The van der Waals surface area contributed by atoms with Gasteiger partial charge in [-0.3, -0.25) is 4.79 Å². The van der Waals surface area contributed by atoms with Crippen LogP contribution in [0.4, 0.5) is 26.3 Å². The number of carbonyl (C=O) groups excluding carboxylic acids is 2. The van der Waals surface area contributed by atoms with Crippen molar-refractivity contribution < 1.29 is 45.8 Å². The van der Waals surface area contributed by atoms with Crippen LogP contribution in [0.15, 0.2) is 49.1 Å². The van der Waals surface area contributed by atoms with Gasteiger partial charge in [-0.1, -0.05) is 12.2 Å². The molecule has 2 aromatic carbocycles. The number of esters is 1. The summed E-state index contributed by atoms with van der Waals surface area (Å²) in [7, 11) is 0. The SMILES string of the molecule is C=CCC(=O)N1[C@@H](/C=C/C(=O)OCC)CC[C@H]1c1cc(F)c(F)c(F)c1.OC[C@H]1CC[C@@H](c2cc(F)c(F)c(F)c2)N1. The number of amides is 1. The maximum Gasteiger partial charge on any atom is 0.330 e. The van der Waals surface area contributed by atoms with Crippen LogP contribution in [0.25, 0.3) is 0 Å². The lowest BCUT2D eigenvalue weighted by Gasteiger charge is -2.29. The molecule has 0 bridgehead atoms. The van der Waals surface area contributed by atoms with Gasteiger partial charge < -0.3 is 20.1 Å². The standard InChI is InChI=1S/C19H20F3NO3.C11H12F3NO/c1-3-5-17(24)23-13(7-9-18(25)26-4-2)6-8-16(23)12-10-14(20)19(22)15(21)11-12;12-8-3-6(4-9(13)11(8)14)10-2-1-7(5-16)15-10/h3,7,9-11,13,16H,1,4-6,8H2,2H3;3-4,7,10,15-16H,1-2,5H2/b9-7+;/t13-,16+;7-,10+/m11/s1. The van der Waals surface area contributed by atoms with Crippen LogP contribution in [-0.4, -0.2) is 47.2 Å². The number of rotatable bonds is 8. The second-order valence-corrected chi connectivity index (χ2v) is 9.84. The summed E-state index contributed by atoms with van der Waals surface area (Å²) in [6.07, 6.45) is 6.56. The van der Waals surface area contributed by atoms with Crippen LogP contribution in [0.2, 0.25) is 0 Å². The monoisotopic (exact) mass is 598 g/mol. The molecule has 0 saturated carbocycles. The third kappa shape index (κ3) is 8.01. The van der Waals surface area contributed by atoms with Crippen molar-refractivity contribution in [1.29, 1.82) is 0 Å². The van der Waals surface area contributed by atoms with Gasteiger partial charge in [0.1, 0.15) is 0 Å². The van der Waals surface area contributed by atoms with Crippen molar-refractivity contribution in [3.8, 4) is 0 Å². The molecule has 2 aliphatic rings. The molecule has 0 radical (unpaired) electrons. The van der Waals surface area contributed by atoms with Gasteiger partial charge in [0.15, 0.2) is 34.9 Å². The molecule has 1 amide bonds. The summed E-state index contributed by atoms with van der Waals surface area (Å²) in [4.78, 5) is 25.4. The van der Waals surface area contributed by atoms with Gasteiger partial charge in [0.25, 0.3) is 0 Å². The van der Waals surface area contributed by atoms with Crippen LogP contribution < -0.4 is 5.32 Å². The fourth-order valence-corrected chi connectivity index (χ4v) is 5.09. The van der Waals surface area contributed by atoms with Crippen LogP contribution in [-0.2, 0) is 14.3 Å². The van der Waals surface area contributed by atoms with Crippen LogP contribution in [0.3, 0.4) is 0 Å². The summed E-state index contributed by atoms with van der Waals surface area (Å²) in [5.74, 6) is -8.79. The van der Waals surface area contributed by atoms with E-state index in [4.69, 9.17) is 9.84 Å². The Morgan fingerprint density at radius 3 is 2.02 bits per heavy atom. The van der Waals surface area contributed by atoms with Crippen molar-refractivity contribution in [2.45, 2.75) is 63.2 Å². The highest BCUT2D eigenvalue weighted by molar-refractivity contribution is 5.83. The van der Waals surface area contributed by atoms with Gasteiger partial charge in [-0.2, -0.15) is 0 Å². The minimum absolute atomic E-state index is 0.0113. The van der Waals surface area contributed by atoms with E-state index in [9.17, 15) is 35.9 Å². The molecule has 4 rings (SSSR count). The van der Waals surface area contributed by atoms with Crippen molar-refractivity contribution >= 4 is 11.9 Å². The summed E-state index contributed by atoms with van der Waals surface area (Å²) in [5.41, 5.74) is 0.554. The third-order valence-corrected chi connectivity index (χ3v) is 7.04. The first kappa shape index (κ1) is 32.9. The average molecular weight is 599 g/mol. The Hall–Kier alpha value is -3.64. The van der Waals surface area contributed by atoms with E-state index in [-0.39, 0.29) is 43.2 Å². The molecular formula is C30H32F6N2O4.